The quantitative estimate of drug-likeness (QED) is 0.759. The average Bonchev–Trinajstić information content (AvgIpc) is 2.96. The molecule has 0 radical (unpaired) electrons. The van der Waals surface area contributed by atoms with Crippen molar-refractivity contribution in [3.63, 3.8) is 0 Å². The summed E-state index contributed by atoms with van der Waals surface area (Å²) in [5.74, 6) is 0.668. The summed E-state index contributed by atoms with van der Waals surface area (Å²) in [6.07, 6.45) is 2.12. The maximum Gasteiger partial charge on any atom is 0.248 e. The average molecular weight is 421 g/mol. The lowest BCUT2D eigenvalue weighted by atomic mass is 9.92. The van der Waals surface area contributed by atoms with E-state index in [0.29, 0.717) is 43.3 Å². The second kappa shape index (κ2) is 8.89. The van der Waals surface area contributed by atoms with Gasteiger partial charge in [0.25, 0.3) is 0 Å². The molecule has 2 aliphatic heterocycles. The Morgan fingerprint density at radius 2 is 1.93 bits per heavy atom. The van der Waals surface area contributed by atoms with Crippen molar-refractivity contribution in [2.24, 2.45) is 11.8 Å². The highest BCUT2D eigenvalue weighted by atomic mass is 35.5. The number of halogens is 1. The van der Waals surface area contributed by atoms with E-state index in [2.05, 4.69) is 22.7 Å². The number of aryl methyl sites for hydroxylation is 2. The van der Waals surface area contributed by atoms with Crippen LogP contribution in [0.1, 0.15) is 37.6 Å². The lowest BCUT2D eigenvalue weighted by Crippen LogP contribution is -2.52. The number of amides is 1. The van der Waals surface area contributed by atoms with Gasteiger partial charge in [-0.15, -0.1) is 12.4 Å². The van der Waals surface area contributed by atoms with Crippen LogP contribution in [0.5, 0.6) is 0 Å². The second-order valence-corrected chi connectivity index (χ2v) is 9.29. The molecule has 1 aromatic heterocycles. The van der Waals surface area contributed by atoms with E-state index in [1.165, 1.54) is 4.31 Å². The van der Waals surface area contributed by atoms with Gasteiger partial charge in [0.2, 0.25) is 15.9 Å². The smallest absolute Gasteiger partial charge is 0.248 e. The zero-order chi connectivity index (χ0) is 18.9. The van der Waals surface area contributed by atoms with Crippen LogP contribution < -0.4 is 10.6 Å². The number of nitrogens with one attached hydrogen (secondary N) is 2. The van der Waals surface area contributed by atoms with Crippen LogP contribution in [0.3, 0.4) is 0 Å². The third kappa shape index (κ3) is 4.64. The Morgan fingerprint density at radius 1 is 1.26 bits per heavy atom. The van der Waals surface area contributed by atoms with E-state index in [4.69, 9.17) is 4.52 Å². The molecule has 0 bridgehead atoms. The number of sulfonamides is 1. The molecule has 27 heavy (non-hydrogen) atoms. The van der Waals surface area contributed by atoms with Crippen LogP contribution in [0.2, 0.25) is 0 Å². The number of hydrogen-bond donors (Lipinski definition) is 2. The van der Waals surface area contributed by atoms with Gasteiger partial charge in [-0.25, -0.2) is 8.42 Å². The van der Waals surface area contributed by atoms with Crippen LogP contribution in [-0.4, -0.2) is 56.0 Å². The first kappa shape index (κ1) is 22.1. The van der Waals surface area contributed by atoms with E-state index < -0.39 is 10.0 Å². The van der Waals surface area contributed by atoms with Gasteiger partial charge in [0.15, 0.2) is 5.76 Å². The highest BCUT2D eigenvalue weighted by Crippen LogP contribution is 2.28. The van der Waals surface area contributed by atoms with E-state index >= 15 is 0 Å². The number of nitrogens with zero attached hydrogens (tertiary/aromatic N) is 2. The van der Waals surface area contributed by atoms with Crippen LogP contribution in [0, 0.1) is 25.7 Å². The molecule has 1 amide bonds. The Morgan fingerprint density at radius 3 is 2.48 bits per heavy atom. The number of piperidine rings is 2. The summed E-state index contributed by atoms with van der Waals surface area (Å²) in [6.45, 7) is 7.85. The zero-order valence-electron chi connectivity index (χ0n) is 16.0. The van der Waals surface area contributed by atoms with Crippen molar-refractivity contribution in [2.45, 2.75) is 51.0 Å². The highest BCUT2D eigenvalue weighted by molar-refractivity contribution is 7.89. The van der Waals surface area contributed by atoms with E-state index in [0.717, 1.165) is 19.5 Å². The topological polar surface area (TPSA) is 105 Å². The van der Waals surface area contributed by atoms with Gasteiger partial charge < -0.3 is 15.2 Å². The summed E-state index contributed by atoms with van der Waals surface area (Å²) in [5.41, 5.74) is 0.376. The number of rotatable bonds is 4. The van der Waals surface area contributed by atoms with Gasteiger partial charge in [-0.2, -0.15) is 4.31 Å². The molecule has 154 valence electrons. The largest absolute Gasteiger partial charge is 0.360 e. The predicted octanol–water partition coefficient (Wildman–Crippen LogP) is 1.23. The number of carbonyl (C=O) groups is 1. The Balaban J connectivity index is 0.00000261. The SMILES string of the molecule is Cc1noc(C)c1S(=O)(=O)N1CCC(C(=O)NC2CNCCC2C)CC1.Cl. The fourth-order valence-corrected chi connectivity index (χ4v) is 5.57. The standard InChI is InChI=1S/C17H28N4O4S.ClH/c1-11-4-7-18-10-15(11)19-17(22)14-5-8-21(9-6-14)26(23,24)16-12(2)20-25-13(16)3;/h11,14-15,18H,4-10H2,1-3H3,(H,19,22);1H. The first-order chi connectivity index (χ1) is 12.3. The first-order valence-electron chi connectivity index (χ1n) is 9.25. The molecule has 10 heteroatoms. The van der Waals surface area contributed by atoms with Gasteiger partial charge in [-0.05, 0) is 45.6 Å². The van der Waals surface area contributed by atoms with Crippen LogP contribution in [0.4, 0.5) is 0 Å². The minimum atomic E-state index is -3.63. The molecule has 0 spiro atoms. The van der Waals surface area contributed by atoms with Gasteiger partial charge in [0.05, 0.1) is 0 Å². The predicted molar refractivity (Wildman–Crippen MR) is 103 cm³/mol. The fourth-order valence-electron chi connectivity index (χ4n) is 3.81. The minimum Gasteiger partial charge on any atom is -0.360 e. The molecule has 2 fully saturated rings. The maximum absolute atomic E-state index is 12.8. The van der Waals surface area contributed by atoms with E-state index in [-0.39, 0.29) is 35.2 Å². The maximum atomic E-state index is 12.8. The molecule has 3 rings (SSSR count). The molecule has 0 aliphatic carbocycles. The van der Waals surface area contributed by atoms with Gasteiger partial charge >= 0.3 is 0 Å². The Bertz CT molecular complexity index is 739. The minimum absolute atomic E-state index is 0. The zero-order valence-corrected chi connectivity index (χ0v) is 17.7. The van der Waals surface area contributed by atoms with Gasteiger partial charge in [0.1, 0.15) is 10.6 Å². The highest BCUT2D eigenvalue weighted by Gasteiger charge is 2.36. The molecule has 2 saturated heterocycles. The molecule has 1 aromatic rings. The lowest BCUT2D eigenvalue weighted by molar-refractivity contribution is -0.127. The monoisotopic (exact) mass is 420 g/mol. The lowest BCUT2D eigenvalue weighted by Gasteiger charge is -2.34. The molecule has 2 aliphatic rings. The van der Waals surface area contributed by atoms with E-state index in [9.17, 15) is 13.2 Å². The fraction of sp³-hybridized carbons (Fsp3) is 0.765. The molecule has 2 N–H and O–H groups in total. The summed E-state index contributed by atoms with van der Waals surface area (Å²) >= 11 is 0. The Kier molecular flexibility index (Phi) is 7.29. The Hall–Kier alpha value is -1.16. The van der Waals surface area contributed by atoms with Gasteiger partial charge in [0, 0.05) is 31.6 Å². The van der Waals surface area contributed by atoms with Crippen molar-refractivity contribution >= 4 is 28.3 Å². The molecule has 0 saturated carbocycles. The summed E-state index contributed by atoms with van der Waals surface area (Å²) in [4.78, 5) is 12.7. The van der Waals surface area contributed by atoms with E-state index in [1.54, 1.807) is 13.8 Å². The number of carbonyl (C=O) groups excluding carboxylic acids is 1. The molecule has 2 atom stereocenters. The van der Waals surface area contributed by atoms with Crippen LogP contribution >= 0.6 is 12.4 Å². The van der Waals surface area contributed by atoms with Crippen molar-refractivity contribution in [3.8, 4) is 0 Å². The molecular formula is C17H29ClN4O4S. The number of hydrogen-bond acceptors (Lipinski definition) is 6. The molecule has 0 aromatic carbocycles. The van der Waals surface area contributed by atoms with Crippen LogP contribution in [-0.2, 0) is 14.8 Å². The van der Waals surface area contributed by atoms with Gasteiger partial charge in [-0.1, -0.05) is 12.1 Å². The molecule has 8 nitrogen and oxygen atoms in total. The normalized spacial score (nSPS) is 25.0. The Labute approximate surface area is 166 Å². The summed E-state index contributed by atoms with van der Waals surface area (Å²) in [5, 5.41) is 10.2. The van der Waals surface area contributed by atoms with Crippen LogP contribution in [0.25, 0.3) is 0 Å². The molecule has 2 unspecified atom stereocenters. The van der Waals surface area contributed by atoms with Crippen molar-refractivity contribution in [1.82, 2.24) is 20.1 Å². The van der Waals surface area contributed by atoms with Gasteiger partial charge in [-0.3, -0.25) is 4.79 Å². The summed E-state index contributed by atoms with van der Waals surface area (Å²) < 4.78 is 32.1. The van der Waals surface area contributed by atoms with Crippen molar-refractivity contribution in [2.75, 3.05) is 26.2 Å². The summed E-state index contributed by atoms with van der Waals surface area (Å²) in [6, 6.07) is 0.153. The van der Waals surface area contributed by atoms with Crippen molar-refractivity contribution in [3.05, 3.63) is 11.5 Å². The molecular weight excluding hydrogens is 392 g/mol. The third-order valence-corrected chi connectivity index (χ3v) is 7.69. The summed E-state index contributed by atoms with van der Waals surface area (Å²) in [7, 11) is -3.63. The molecule has 3 heterocycles. The third-order valence-electron chi connectivity index (χ3n) is 5.55. The van der Waals surface area contributed by atoms with Crippen molar-refractivity contribution < 1.29 is 17.7 Å². The van der Waals surface area contributed by atoms with Crippen molar-refractivity contribution in [1.29, 1.82) is 0 Å². The van der Waals surface area contributed by atoms with Crippen LogP contribution in [0.15, 0.2) is 9.42 Å². The van der Waals surface area contributed by atoms with E-state index in [1.807, 2.05) is 0 Å². The second-order valence-electron chi connectivity index (χ2n) is 7.42. The first-order valence-corrected chi connectivity index (χ1v) is 10.7. The number of aromatic nitrogens is 1.